The Morgan fingerprint density at radius 2 is 1.88 bits per heavy atom. The number of rotatable bonds is 8. The second-order valence-electron chi connectivity index (χ2n) is 9.23. The fourth-order valence-electron chi connectivity index (χ4n) is 4.35. The number of aryl methyl sites for hydroxylation is 1. The molecule has 0 bridgehead atoms. The standard InChI is InChI=1S/C29H21F3N4O7/c1-16-10-22(36(39)40)24(41-2)12-21(16)34-25(37)15-42-19-8-9-20-23(11-19)43-28(29(30,31)32)26(27(20)38)17-13-33-35(14-17)18-6-4-3-5-7-18/h3-14H,15H2,1-2H3,(H,34,37). The molecule has 1 N–H and O–H groups in total. The van der Waals surface area contributed by atoms with Gasteiger partial charge in [0.25, 0.3) is 5.91 Å². The van der Waals surface area contributed by atoms with Crippen LogP contribution in [0.4, 0.5) is 24.5 Å². The second-order valence-corrected chi connectivity index (χ2v) is 9.23. The van der Waals surface area contributed by atoms with Gasteiger partial charge in [0.2, 0.25) is 11.2 Å². The van der Waals surface area contributed by atoms with Crippen LogP contribution < -0.4 is 20.2 Å². The number of benzene rings is 3. The van der Waals surface area contributed by atoms with Gasteiger partial charge in [0.15, 0.2) is 12.4 Å². The van der Waals surface area contributed by atoms with Gasteiger partial charge in [0.05, 0.1) is 34.9 Å². The van der Waals surface area contributed by atoms with Crippen LogP contribution in [-0.2, 0) is 11.0 Å². The Bertz CT molecular complexity index is 1920. The van der Waals surface area contributed by atoms with Gasteiger partial charge in [-0.05, 0) is 36.8 Å². The van der Waals surface area contributed by atoms with E-state index in [9.17, 15) is 32.9 Å². The maximum absolute atomic E-state index is 14.1. The highest BCUT2D eigenvalue weighted by molar-refractivity contribution is 5.93. The lowest BCUT2D eigenvalue weighted by atomic mass is 10.0. The summed E-state index contributed by atoms with van der Waals surface area (Å²) < 4.78 is 59.3. The van der Waals surface area contributed by atoms with E-state index in [1.54, 1.807) is 37.3 Å². The highest BCUT2D eigenvalue weighted by Crippen LogP contribution is 2.38. The number of amides is 1. The fourth-order valence-corrected chi connectivity index (χ4v) is 4.35. The van der Waals surface area contributed by atoms with E-state index in [4.69, 9.17) is 13.9 Å². The van der Waals surface area contributed by atoms with Crippen LogP contribution >= 0.6 is 0 Å². The summed E-state index contributed by atoms with van der Waals surface area (Å²) >= 11 is 0. The van der Waals surface area contributed by atoms with Gasteiger partial charge in [-0.2, -0.15) is 18.3 Å². The van der Waals surface area contributed by atoms with Crippen molar-refractivity contribution in [2.24, 2.45) is 0 Å². The number of hydrogen-bond donors (Lipinski definition) is 1. The molecule has 0 saturated carbocycles. The van der Waals surface area contributed by atoms with Crippen molar-refractivity contribution in [3.05, 3.63) is 105 Å². The molecule has 2 heterocycles. The lowest BCUT2D eigenvalue weighted by Crippen LogP contribution is -2.21. The number of ether oxygens (including phenoxy) is 2. The average Bonchev–Trinajstić information content (AvgIpc) is 3.46. The first-order valence-corrected chi connectivity index (χ1v) is 12.5. The van der Waals surface area contributed by atoms with Gasteiger partial charge in [-0.1, -0.05) is 18.2 Å². The van der Waals surface area contributed by atoms with Gasteiger partial charge in [-0.25, -0.2) is 4.68 Å². The number of halogens is 3. The normalized spacial score (nSPS) is 11.4. The average molecular weight is 595 g/mol. The van der Waals surface area contributed by atoms with Crippen molar-refractivity contribution in [3.63, 3.8) is 0 Å². The molecular formula is C29H21F3N4O7. The molecule has 220 valence electrons. The predicted molar refractivity (Wildman–Crippen MR) is 149 cm³/mol. The number of nitrogens with one attached hydrogen (secondary N) is 1. The van der Waals surface area contributed by atoms with E-state index >= 15 is 0 Å². The largest absolute Gasteiger partial charge is 0.490 e. The van der Waals surface area contributed by atoms with E-state index in [0.717, 1.165) is 12.3 Å². The van der Waals surface area contributed by atoms with Crippen molar-refractivity contribution in [2.45, 2.75) is 13.1 Å². The predicted octanol–water partition coefficient (Wildman–Crippen LogP) is 5.91. The third kappa shape index (κ3) is 5.88. The summed E-state index contributed by atoms with van der Waals surface area (Å²) in [5, 5.41) is 17.7. The number of hydrogen-bond acceptors (Lipinski definition) is 8. The third-order valence-electron chi connectivity index (χ3n) is 6.38. The summed E-state index contributed by atoms with van der Waals surface area (Å²) in [5.74, 6) is -2.28. The summed E-state index contributed by atoms with van der Waals surface area (Å²) in [6.07, 6.45) is -2.56. The molecule has 5 aromatic rings. The fraction of sp³-hybridized carbons (Fsp3) is 0.138. The van der Waals surface area contributed by atoms with Crippen molar-refractivity contribution >= 4 is 28.3 Å². The van der Waals surface area contributed by atoms with Crippen LogP contribution in [0.2, 0.25) is 0 Å². The van der Waals surface area contributed by atoms with E-state index in [1.807, 2.05) is 0 Å². The zero-order chi connectivity index (χ0) is 30.9. The molecule has 1 amide bonds. The smallest absolute Gasteiger partial charge is 0.450 e. The highest BCUT2D eigenvalue weighted by atomic mass is 19.4. The number of carbonyl (C=O) groups excluding carboxylic acids is 1. The van der Waals surface area contributed by atoms with Crippen molar-refractivity contribution in [3.8, 4) is 28.3 Å². The molecule has 3 aromatic carbocycles. The van der Waals surface area contributed by atoms with Crippen molar-refractivity contribution < 1.29 is 36.8 Å². The van der Waals surface area contributed by atoms with Gasteiger partial charge < -0.3 is 19.2 Å². The van der Waals surface area contributed by atoms with Crippen LogP contribution in [0.15, 0.2) is 82.3 Å². The summed E-state index contributed by atoms with van der Waals surface area (Å²) in [6, 6.07) is 14.8. The summed E-state index contributed by atoms with van der Waals surface area (Å²) in [6.45, 7) is 0.977. The number of para-hydroxylation sites is 1. The maximum atomic E-state index is 14.1. The Kier molecular flexibility index (Phi) is 7.59. The zero-order valence-corrected chi connectivity index (χ0v) is 22.5. The number of anilines is 1. The summed E-state index contributed by atoms with van der Waals surface area (Å²) in [7, 11) is 1.25. The van der Waals surface area contributed by atoms with E-state index in [-0.39, 0.29) is 33.8 Å². The van der Waals surface area contributed by atoms with Crippen molar-refractivity contribution in [1.29, 1.82) is 0 Å². The molecule has 14 heteroatoms. The molecule has 43 heavy (non-hydrogen) atoms. The number of methoxy groups -OCH3 is 1. The molecule has 2 aromatic heterocycles. The van der Waals surface area contributed by atoms with Gasteiger partial charge in [-0.15, -0.1) is 0 Å². The molecular weight excluding hydrogens is 573 g/mol. The van der Waals surface area contributed by atoms with Crippen LogP contribution in [-0.4, -0.2) is 34.3 Å². The monoisotopic (exact) mass is 594 g/mol. The first-order chi connectivity index (χ1) is 20.5. The quantitative estimate of drug-likeness (QED) is 0.173. The topological polar surface area (TPSA) is 139 Å². The number of carbonyl (C=O) groups is 1. The third-order valence-corrected chi connectivity index (χ3v) is 6.38. The molecule has 0 fully saturated rings. The van der Waals surface area contributed by atoms with Crippen LogP contribution in [0.1, 0.15) is 11.3 Å². The van der Waals surface area contributed by atoms with E-state index in [1.165, 1.54) is 42.3 Å². The molecule has 0 radical (unpaired) electrons. The van der Waals surface area contributed by atoms with Crippen LogP contribution in [0.3, 0.4) is 0 Å². The number of nitro benzene ring substituents is 1. The molecule has 0 saturated heterocycles. The zero-order valence-electron chi connectivity index (χ0n) is 22.5. The minimum Gasteiger partial charge on any atom is -0.490 e. The molecule has 0 atom stereocenters. The number of fused-ring (bicyclic) bond motifs is 1. The van der Waals surface area contributed by atoms with Gasteiger partial charge in [0, 0.05) is 35.6 Å². The molecule has 11 nitrogen and oxygen atoms in total. The lowest BCUT2D eigenvalue weighted by Gasteiger charge is -2.13. The Morgan fingerprint density at radius 1 is 1.14 bits per heavy atom. The Balaban J connectivity index is 1.41. The molecule has 0 aliphatic heterocycles. The number of alkyl halides is 3. The molecule has 0 unspecified atom stereocenters. The molecule has 0 spiro atoms. The molecule has 5 rings (SSSR count). The number of aromatic nitrogens is 2. The van der Waals surface area contributed by atoms with Crippen molar-refractivity contribution in [1.82, 2.24) is 9.78 Å². The van der Waals surface area contributed by atoms with Crippen LogP contribution in [0.25, 0.3) is 27.8 Å². The van der Waals surface area contributed by atoms with Crippen LogP contribution in [0, 0.1) is 17.0 Å². The Morgan fingerprint density at radius 3 is 2.56 bits per heavy atom. The van der Waals surface area contributed by atoms with Gasteiger partial charge in [0.1, 0.15) is 11.3 Å². The maximum Gasteiger partial charge on any atom is 0.450 e. The number of nitrogens with zero attached hydrogens (tertiary/aromatic N) is 3. The minimum atomic E-state index is -5.02. The van der Waals surface area contributed by atoms with E-state index in [2.05, 4.69) is 10.4 Å². The lowest BCUT2D eigenvalue weighted by molar-refractivity contribution is -0.385. The molecule has 0 aliphatic carbocycles. The number of nitro groups is 1. The minimum absolute atomic E-state index is 0.0402. The SMILES string of the molecule is COc1cc(NC(=O)COc2ccc3c(=O)c(-c4cnn(-c5ccccc5)c4)c(C(F)(F)F)oc3c2)c(C)cc1[N+](=O)[O-]. The van der Waals surface area contributed by atoms with Crippen LogP contribution in [0.5, 0.6) is 11.5 Å². The van der Waals surface area contributed by atoms with E-state index in [0.29, 0.717) is 11.3 Å². The highest BCUT2D eigenvalue weighted by Gasteiger charge is 2.39. The summed E-state index contributed by atoms with van der Waals surface area (Å²) in [4.78, 5) is 36.4. The first-order valence-electron chi connectivity index (χ1n) is 12.5. The Hall–Kier alpha value is -5.66. The van der Waals surface area contributed by atoms with Gasteiger partial charge >= 0.3 is 11.9 Å². The summed E-state index contributed by atoms with van der Waals surface area (Å²) in [5.41, 5.74) is -1.17. The van der Waals surface area contributed by atoms with Gasteiger partial charge in [-0.3, -0.25) is 19.7 Å². The van der Waals surface area contributed by atoms with Crippen molar-refractivity contribution in [2.75, 3.05) is 19.0 Å². The van der Waals surface area contributed by atoms with E-state index < -0.39 is 45.9 Å². The Labute approximate surface area is 240 Å². The molecule has 0 aliphatic rings. The first kappa shape index (κ1) is 28.9. The second kappa shape index (κ2) is 11.3.